The van der Waals surface area contributed by atoms with Gasteiger partial charge in [-0.1, -0.05) is 66.2 Å². The molecule has 0 fully saturated rings. The summed E-state index contributed by atoms with van der Waals surface area (Å²) in [6, 6.07) is 25.5. The number of nitrogens with one attached hydrogen (secondary N) is 1. The molecule has 30 heavy (non-hydrogen) atoms. The topological polar surface area (TPSA) is 64.6 Å². The number of esters is 1. The summed E-state index contributed by atoms with van der Waals surface area (Å²) in [5, 5.41) is 2.93. The first-order valence-electron chi connectivity index (χ1n) is 9.88. The fourth-order valence-electron chi connectivity index (χ4n) is 2.94. The average molecular weight is 403 g/mol. The predicted molar refractivity (Wildman–Crippen MR) is 115 cm³/mol. The van der Waals surface area contributed by atoms with Gasteiger partial charge in [0.2, 0.25) is 0 Å². The monoisotopic (exact) mass is 403 g/mol. The van der Waals surface area contributed by atoms with E-state index in [0.29, 0.717) is 5.56 Å². The van der Waals surface area contributed by atoms with Crippen LogP contribution in [-0.2, 0) is 9.53 Å². The highest BCUT2D eigenvalue weighted by molar-refractivity contribution is 5.94. The van der Waals surface area contributed by atoms with Crippen LogP contribution in [0.1, 0.15) is 33.9 Å². The molecule has 0 spiro atoms. The Morgan fingerprint density at radius 1 is 0.833 bits per heavy atom. The van der Waals surface area contributed by atoms with Gasteiger partial charge in [-0.2, -0.15) is 0 Å². The number of hydrogen-bond acceptors (Lipinski definition) is 4. The minimum Gasteiger partial charge on any atom is -0.490 e. The SMILES string of the molecule is Cc1ccc(OCCOC(=O)C[C@H](NC(=O)c2ccccc2)c2ccccc2)cc1. The summed E-state index contributed by atoms with van der Waals surface area (Å²) in [4.78, 5) is 24.9. The largest absolute Gasteiger partial charge is 0.490 e. The Morgan fingerprint density at radius 2 is 1.47 bits per heavy atom. The van der Waals surface area contributed by atoms with E-state index in [0.717, 1.165) is 16.9 Å². The summed E-state index contributed by atoms with van der Waals surface area (Å²) in [5.41, 5.74) is 2.53. The van der Waals surface area contributed by atoms with Gasteiger partial charge in [-0.05, 0) is 36.8 Å². The minimum absolute atomic E-state index is 0.0348. The Labute approximate surface area is 176 Å². The molecule has 5 heteroatoms. The molecule has 3 rings (SSSR count). The van der Waals surface area contributed by atoms with Crippen LogP contribution in [-0.4, -0.2) is 25.1 Å². The molecular weight excluding hydrogens is 378 g/mol. The van der Waals surface area contributed by atoms with Gasteiger partial charge in [0.1, 0.15) is 19.0 Å². The van der Waals surface area contributed by atoms with E-state index in [9.17, 15) is 9.59 Å². The molecule has 3 aromatic rings. The second kappa shape index (κ2) is 10.8. The van der Waals surface area contributed by atoms with E-state index in [2.05, 4.69) is 5.32 Å². The van der Waals surface area contributed by atoms with E-state index >= 15 is 0 Å². The van der Waals surface area contributed by atoms with Gasteiger partial charge in [-0.25, -0.2) is 0 Å². The third-order valence-corrected chi connectivity index (χ3v) is 4.55. The predicted octanol–water partition coefficient (Wildman–Crippen LogP) is 4.48. The fourth-order valence-corrected chi connectivity index (χ4v) is 2.94. The number of carbonyl (C=O) groups excluding carboxylic acids is 2. The van der Waals surface area contributed by atoms with E-state index in [1.807, 2.05) is 67.6 Å². The summed E-state index contributed by atoms with van der Waals surface area (Å²) in [6.07, 6.45) is 0.0348. The van der Waals surface area contributed by atoms with Crippen molar-refractivity contribution in [2.24, 2.45) is 0 Å². The molecular formula is C25H25NO4. The second-order valence-corrected chi connectivity index (χ2v) is 6.89. The first kappa shape index (κ1) is 21.1. The van der Waals surface area contributed by atoms with Crippen molar-refractivity contribution in [2.45, 2.75) is 19.4 Å². The molecule has 0 aliphatic carbocycles. The van der Waals surface area contributed by atoms with Gasteiger partial charge in [0.05, 0.1) is 12.5 Å². The van der Waals surface area contributed by atoms with Gasteiger partial charge < -0.3 is 14.8 Å². The van der Waals surface area contributed by atoms with Gasteiger partial charge in [0, 0.05) is 5.56 Å². The number of hydrogen-bond donors (Lipinski definition) is 1. The normalized spacial score (nSPS) is 11.4. The van der Waals surface area contributed by atoms with E-state index < -0.39 is 12.0 Å². The second-order valence-electron chi connectivity index (χ2n) is 6.89. The van der Waals surface area contributed by atoms with Gasteiger partial charge in [-0.3, -0.25) is 9.59 Å². The summed E-state index contributed by atoms with van der Waals surface area (Å²) >= 11 is 0. The highest BCUT2D eigenvalue weighted by Crippen LogP contribution is 2.18. The molecule has 0 bridgehead atoms. The molecule has 0 radical (unpaired) electrons. The van der Waals surface area contributed by atoms with Gasteiger partial charge in [-0.15, -0.1) is 0 Å². The number of aryl methyl sites for hydroxylation is 1. The van der Waals surface area contributed by atoms with Crippen LogP contribution in [0.4, 0.5) is 0 Å². The highest BCUT2D eigenvalue weighted by Gasteiger charge is 2.20. The lowest BCUT2D eigenvalue weighted by Crippen LogP contribution is -2.30. The standard InChI is InChI=1S/C25H25NO4/c1-19-12-14-22(15-13-19)29-16-17-30-24(27)18-23(20-8-4-2-5-9-20)26-25(28)21-10-6-3-7-11-21/h2-15,23H,16-18H2,1H3,(H,26,28)/t23-/m0/s1. The van der Waals surface area contributed by atoms with Gasteiger partial charge in [0.15, 0.2) is 0 Å². The van der Waals surface area contributed by atoms with Crippen molar-refractivity contribution < 1.29 is 19.1 Å². The number of benzene rings is 3. The molecule has 0 saturated carbocycles. The van der Waals surface area contributed by atoms with Crippen molar-refractivity contribution in [3.63, 3.8) is 0 Å². The number of rotatable bonds is 9. The Balaban J connectivity index is 1.54. The van der Waals surface area contributed by atoms with Crippen LogP contribution in [0.5, 0.6) is 5.75 Å². The van der Waals surface area contributed by atoms with Crippen molar-refractivity contribution >= 4 is 11.9 Å². The van der Waals surface area contributed by atoms with Crippen LogP contribution in [0.15, 0.2) is 84.9 Å². The Bertz CT molecular complexity index is 940. The number of ether oxygens (including phenoxy) is 2. The van der Waals surface area contributed by atoms with Crippen LogP contribution in [0.3, 0.4) is 0 Å². The molecule has 5 nitrogen and oxygen atoms in total. The zero-order chi connectivity index (χ0) is 21.2. The molecule has 1 amide bonds. The zero-order valence-corrected chi connectivity index (χ0v) is 16.9. The van der Waals surface area contributed by atoms with Crippen molar-refractivity contribution in [1.82, 2.24) is 5.32 Å². The molecule has 1 N–H and O–H groups in total. The van der Waals surface area contributed by atoms with Crippen molar-refractivity contribution in [2.75, 3.05) is 13.2 Å². The average Bonchev–Trinajstić information content (AvgIpc) is 2.78. The first-order valence-corrected chi connectivity index (χ1v) is 9.88. The van der Waals surface area contributed by atoms with E-state index in [1.165, 1.54) is 0 Å². The van der Waals surface area contributed by atoms with Gasteiger partial charge >= 0.3 is 5.97 Å². The smallest absolute Gasteiger partial charge is 0.308 e. The molecule has 0 unspecified atom stereocenters. The molecule has 0 aromatic heterocycles. The molecule has 0 aliphatic heterocycles. The summed E-state index contributed by atoms with van der Waals surface area (Å²) in [5.74, 6) is 0.0959. The minimum atomic E-state index is -0.482. The van der Waals surface area contributed by atoms with Crippen molar-refractivity contribution in [1.29, 1.82) is 0 Å². The van der Waals surface area contributed by atoms with E-state index in [-0.39, 0.29) is 25.5 Å². The number of carbonyl (C=O) groups is 2. The van der Waals surface area contributed by atoms with E-state index in [4.69, 9.17) is 9.47 Å². The van der Waals surface area contributed by atoms with Crippen LogP contribution in [0.25, 0.3) is 0 Å². The maximum Gasteiger partial charge on any atom is 0.308 e. The first-order chi connectivity index (χ1) is 14.6. The Hall–Kier alpha value is -3.60. The molecule has 0 aliphatic rings. The lowest BCUT2D eigenvalue weighted by atomic mass is 10.0. The maximum absolute atomic E-state index is 12.6. The Kier molecular flexibility index (Phi) is 7.61. The van der Waals surface area contributed by atoms with Gasteiger partial charge in [0.25, 0.3) is 5.91 Å². The van der Waals surface area contributed by atoms with Crippen LogP contribution in [0, 0.1) is 6.92 Å². The third-order valence-electron chi connectivity index (χ3n) is 4.55. The Morgan fingerprint density at radius 3 is 2.13 bits per heavy atom. The van der Waals surface area contributed by atoms with E-state index in [1.54, 1.807) is 24.3 Å². The van der Waals surface area contributed by atoms with Crippen LogP contribution in [0.2, 0.25) is 0 Å². The van der Waals surface area contributed by atoms with Crippen molar-refractivity contribution in [3.8, 4) is 5.75 Å². The van der Waals surface area contributed by atoms with Crippen LogP contribution >= 0.6 is 0 Å². The molecule has 0 heterocycles. The zero-order valence-electron chi connectivity index (χ0n) is 16.9. The molecule has 154 valence electrons. The highest BCUT2D eigenvalue weighted by atomic mass is 16.6. The summed E-state index contributed by atoms with van der Waals surface area (Å²) in [6.45, 7) is 2.41. The lowest BCUT2D eigenvalue weighted by molar-refractivity contribution is -0.144. The summed E-state index contributed by atoms with van der Waals surface area (Å²) in [7, 11) is 0. The fraction of sp³-hybridized carbons (Fsp3) is 0.200. The number of amides is 1. The summed E-state index contributed by atoms with van der Waals surface area (Å²) < 4.78 is 10.9. The van der Waals surface area contributed by atoms with Crippen molar-refractivity contribution in [3.05, 3.63) is 102 Å². The lowest BCUT2D eigenvalue weighted by Gasteiger charge is -2.19. The quantitative estimate of drug-likeness (QED) is 0.423. The third kappa shape index (κ3) is 6.48. The molecule has 1 atom stereocenters. The maximum atomic E-state index is 12.6. The molecule has 3 aromatic carbocycles. The molecule has 0 saturated heterocycles. The van der Waals surface area contributed by atoms with Crippen LogP contribution < -0.4 is 10.1 Å².